The lowest BCUT2D eigenvalue weighted by Crippen LogP contribution is -2.52. The highest BCUT2D eigenvalue weighted by molar-refractivity contribution is 14.0. The van der Waals surface area contributed by atoms with E-state index in [-0.39, 0.29) is 29.7 Å². The first-order valence-corrected chi connectivity index (χ1v) is 10.5. The number of halogens is 3. The zero-order valence-electron chi connectivity index (χ0n) is 17.1. The van der Waals surface area contributed by atoms with E-state index >= 15 is 0 Å². The van der Waals surface area contributed by atoms with E-state index in [4.69, 9.17) is 0 Å². The predicted molar refractivity (Wildman–Crippen MR) is 126 cm³/mol. The van der Waals surface area contributed by atoms with Crippen LogP contribution in [-0.2, 0) is 13.0 Å². The van der Waals surface area contributed by atoms with Crippen molar-refractivity contribution in [3.8, 4) is 5.75 Å². The molecule has 0 amide bonds. The average Bonchev–Trinajstić information content (AvgIpc) is 3.20. The van der Waals surface area contributed by atoms with Crippen molar-refractivity contribution in [1.82, 2.24) is 19.6 Å². The number of hydrogen-bond acceptors (Lipinski definition) is 6. The number of piperazine rings is 1. The van der Waals surface area contributed by atoms with Crippen molar-refractivity contribution < 1.29 is 13.5 Å². The highest BCUT2D eigenvalue weighted by Crippen LogP contribution is 2.20. The zero-order chi connectivity index (χ0) is 20.6. The van der Waals surface area contributed by atoms with Crippen LogP contribution < -0.4 is 15.0 Å². The molecule has 1 aromatic carbocycles. The zero-order valence-corrected chi connectivity index (χ0v) is 20.2. The van der Waals surface area contributed by atoms with Crippen LogP contribution in [0, 0.1) is 0 Å². The molecule has 7 nitrogen and oxygen atoms in total. The normalized spacial score (nSPS) is 14.6. The van der Waals surface area contributed by atoms with Gasteiger partial charge in [0.05, 0.1) is 6.54 Å². The van der Waals surface area contributed by atoms with Gasteiger partial charge in [0.25, 0.3) is 0 Å². The van der Waals surface area contributed by atoms with E-state index in [9.17, 15) is 8.78 Å². The van der Waals surface area contributed by atoms with Gasteiger partial charge in [0.2, 0.25) is 5.13 Å². The van der Waals surface area contributed by atoms with Crippen LogP contribution in [-0.4, -0.2) is 59.6 Å². The van der Waals surface area contributed by atoms with Crippen molar-refractivity contribution in [2.75, 3.05) is 37.6 Å². The third-order valence-corrected chi connectivity index (χ3v) is 5.31. The Labute approximate surface area is 196 Å². The van der Waals surface area contributed by atoms with Crippen LogP contribution in [0.25, 0.3) is 0 Å². The SMILES string of the molecule is CCNC(=NCc1cccc(OC(F)F)c1)N1CCN(c2nc(CC)ns2)CC1.I. The Balaban J connectivity index is 0.00000320. The average molecular weight is 552 g/mol. The molecule has 1 aromatic heterocycles. The number of hydrogen-bond donors (Lipinski definition) is 1. The molecule has 11 heteroatoms. The summed E-state index contributed by atoms with van der Waals surface area (Å²) in [6, 6.07) is 6.66. The molecular formula is C19H27F2IN6OS. The summed E-state index contributed by atoms with van der Waals surface area (Å²) in [6.07, 6.45) is 0.844. The minimum Gasteiger partial charge on any atom is -0.435 e. The Morgan fingerprint density at radius 2 is 2.03 bits per heavy atom. The highest BCUT2D eigenvalue weighted by atomic mass is 127. The number of aryl methyl sites for hydroxylation is 1. The lowest BCUT2D eigenvalue weighted by Gasteiger charge is -2.36. The molecule has 0 saturated carbocycles. The fourth-order valence-corrected chi connectivity index (χ4v) is 3.84. The van der Waals surface area contributed by atoms with E-state index in [2.05, 4.69) is 41.1 Å². The fourth-order valence-electron chi connectivity index (χ4n) is 3.04. The quantitative estimate of drug-likeness (QED) is 0.322. The standard InChI is InChI=1S/C19H26F2N6OS.HI/c1-3-16-24-19(29-25-16)27-10-8-26(9-11-27)18(22-4-2)23-13-14-6-5-7-15(12-14)28-17(20)21;/h5-7,12,17H,3-4,8-11,13H2,1-2H3,(H,22,23);1H. The summed E-state index contributed by atoms with van der Waals surface area (Å²) < 4.78 is 33.6. The van der Waals surface area contributed by atoms with Crippen LogP contribution >= 0.6 is 35.5 Å². The number of rotatable bonds is 7. The molecule has 166 valence electrons. The van der Waals surface area contributed by atoms with Crippen LogP contribution in [0.3, 0.4) is 0 Å². The number of benzene rings is 1. The molecular weight excluding hydrogens is 525 g/mol. The summed E-state index contributed by atoms with van der Waals surface area (Å²) in [6.45, 7) is 5.73. The first kappa shape index (κ1) is 24.5. The van der Waals surface area contributed by atoms with Crippen molar-refractivity contribution in [2.45, 2.75) is 33.4 Å². The number of guanidine groups is 1. The summed E-state index contributed by atoms with van der Waals surface area (Å²) in [7, 11) is 0. The third-order valence-electron chi connectivity index (χ3n) is 4.49. The topological polar surface area (TPSA) is 65.9 Å². The van der Waals surface area contributed by atoms with Crippen molar-refractivity contribution in [3.63, 3.8) is 0 Å². The van der Waals surface area contributed by atoms with Gasteiger partial charge in [0, 0.05) is 50.7 Å². The van der Waals surface area contributed by atoms with Crippen LogP contribution in [0.15, 0.2) is 29.3 Å². The molecule has 0 aliphatic carbocycles. The molecule has 1 aliphatic rings. The molecule has 3 rings (SSSR count). The molecule has 0 radical (unpaired) electrons. The molecule has 1 N–H and O–H groups in total. The molecule has 1 saturated heterocycles. The maximum Gasteiger partial charge on any atom is 0.387 e. The number of anilines is 1. The van der Waals surface area contributed by atoms with E-state index in [0.717, 1.165) is 61.6 Å². The Hall–Kier alpha value is -1.76. The minimum atomic E-state index is -2.83. The number of nitrogens with zero attached hydrogens (tertiary/aromatic N) is 5. The molecule has 0 atom stereocenters. The van der Waals surface area contributed by atoms with Gasteiger partial charge < -0.3 is 19.9 Å². The van der Waals surface area contributed by atoms with Crippen LogP contribution in [0.1, 0.15) is 25.2 Å². The predicted octanol–water partition coefficient (Wildman–Crippen LogP) is 3.61. The third kappa shape index (κ3) is 6.89. The van der Waals surface area contributed by atoms with Gasteiger partial charge in [-0.1, -0.05) is 19.1 Å². The molecule has 0 unspecified atom stereocenters. The monoisotopic (exact) mass is 552 g/mol. The highest BCUT2D eigenvalue weighted by Gasteiger charge is 2.22. The number of nitrogens with one attached hydrogen (secondary N) is 1. The molecule has 0 bridgehead atoms. The van der Waals surface area contributed by atoms with Gasteiger partial charge in [0.1, 0.15) is 11.6 Å². The number of alkyl halides is 2. The molecule has 2 aromatic rings. The van der Waals surface area contributed by atoms with Gasteiger partial charge in [-0.15, -0.1) is 24.0 Å². The van der Waals surface area contributed by atoms with Crippen molar-refractivity contribution in [2.24, 2.45) is 4.99 Å². The Bertz CT molecular complexity index is 814. The van der Waals surface area contributed by atoms with Gasteiger partial charge in [-0.3, -0.25) is 0 Å². The molecule has 2 heterocycles. The van der Waals surface area contributed by atoms with Gasteiger partial charge in [-0.05, 0) is 24.6 Å². The summed E-state index contributed by atoms with van der Waals surface area (Å²) in [5.41, 5.74) is 0.818. The van der Waals surface area contributed by atoms with Crippen molar-refractivity contribution in [1.29, 1.82) is 0 Å². The number of ether oxygens (including phenoxy) is 1. The Morgan fingerprint density at radius 3 is 2.67 bits per heavy atom. The molecule has 0 spiro atoms. The van der Waals surface area contributed by atoms with E-state index in [0.29, 0.717) is 6.54 Å². The second-order valence-corrected chi connectivity index (χ2v) is 7.25. The van der Waals surface area contributed by atoms with Gasteiger partial charge in [0.15, 0.2) is 5.96 Å². The van der Waals surface area contributed by atoms with Crippen molar-refractivity contribution in [3.05, 3.63) is 35.7 Å². The summed E-state index contributed by atoms with van der Waals surface area (Å²) >= 11 is 1.45. The van der Waals surface area contributed by atoms with Crippen molar-refractivity contribution >= 4 is 46.6 Å². The maximum atomic E-state index is 12.4. The van der Waals surface area contributed by atoms with Gasteiger partial charge in [-0.25, -0.2) is 9.98 Å². The van der Waals surface area contributed by atoms with E-state index in [1.165, 1.54) is 17.6 Å². The second-order valence-electron chi connectivity index (χ2n) is 6.52. The lowest BCUT2D eigenvalue weighted by molar-refractivity contribution is -0.0498. The smallest absolute Gasteiger partial charge is 0.387 e. The number of aliphatic imine (C=N–C) groups is 1. The van der Waals surface area contributed by atoms with E-state index in [1.807, 2.05) is 13.0 Å². The number of aromatic nitrogens is 2. The fraction of sp³-hybridized carbons (Fsp3) is 0.526. The summed E-state index contributed by atoms with van der Waals surface area (Å²) in [4.78, 5) is 13.7. The van der Waals surface area contributed by atoms with Gasteiger partial charge >= 0.3 is 6.61 Å². The van der Waals surface area contributed by atoms with E-state index < -0.39 is 6.61 Å². The Morgan fingerprint density at radius 1 is 1.27 bits per heavy atom. The van der Waals surface area contributed by atoms with Crippen LogP contribution in [0.2, 0.25) is 0 Å². The van der Waals surface area contributed by atoms with Crippen LogP contribution in [0.5, 0.6) is 5.75 Å². The minimum absolute atomic E-state index is 0. The second kappa shape index (κ2) is 12.2. The molecule has 1 aliphatic heterocycles. The van der Waals surface area contributed by atoms with Crippen LogP contribution in [0.4, 0.5) is 13.9 Å². The first-order valence-electron chi connectivity index (χ1n) is 9.73. The van der Waals surface area contributed by atoms with Gasteiger partial charge in [-0.2, -0.15) is 13.2 Å². The molecule has 1 fully saturated rings. The first-order chi connectivity index (χ1) is 14.1. The Kier molecular flexibility index (Phi) is 9.95. The largest absolute Gasteiger partial charge is 0.435 e. The summed E-state index contributed by atoms with van der Waals surface area (Å²) in [5, 5.41) is 4.29. The molecule has 30 heavy (non-hydrogen) atoms. The lowest BCUT2D eigenvalue weighted by atomic mass is 10.2. The summed E-state index contributed by atoms with van der Waals surface area (Å²) in [5.74, 6) is 1.86. The van der Waals surface area contributed by atoms with E-state index in [1.54, 1.807) is 12.1 Å². The maximum absolute atomic E-state index is 12.4.